The van der Waals surface area contributed by atoms with Crippen LogP contribution in [-0.2, 0) is 0 Å². The van der Waals surface area contributed by atoms with E-state index in [-0.39, 0.29) is 0 Å². The number of hydrogen-bond donors (Lipinski definition) is 0. The second kappa shape index (κ2) is 11.9. The summed E-state index contributed by atoms with van der Waals surface area (Å²) in [5, 5.41) is 0. The summed E-state index contributed by atoms with van der Waals surface area (Å²) in [5.74, 6) is 1.79. The van der Waals surface area contributed by atoms with Crippen molar-refractivity contribution in [2.75, 3.05) is 0 Å². The Labute approximate surface area is 321 Å². The maximum absolute atomic E-state index is 5.22. The summed E-state index contributed by atoms with van der Waals surface area (Å²) < 4.78 is 9.15. The molecule has 6 nitrogen and oxygen atoms in total. The fraction of sp³-hybridized carbons (Fsp3) is 0. The highest BCUT2D eigenvalue weighted by Crippen LogP contribution is 2.36. The lowest BCUT2D eigenvalue weighted by Gasteiger charge is -2.10. The van der Waals surface area contributed by atoms with Gasteiger partial charge in [-0.3, -0.25) is 17.9 Å². The number of hydrogen-bond acceptors (Lipinski definition) is 2. The van der Waals surface area contributed by atoms with Crippen molar-refractivity contribution in [3.8, 4) is 44.8 Å². The predicted molar refractivity (Wildman–Crippen MR) is 229 cm³/mol. The molecule has 0 saturated carbocycles. The van der Waals surface area contributed by atoms with Crippen LogP contribution in [0.25, 0.3) is 100 Å². The van der Waals surface area contributed by atoms with Crippen LogP contribution >= 0.6 is 0 Å². The normalized spacial score (nSPS) is 11.9. The number of imidazole rings is 4. The van der Waals surface area contributed by atoms with E-state index in [4.69, 9.17) is 9.97 Å². The Morgan fingerprint density at radius 3 is 1.27 bits per heavy atom. The Kier molecular flexibility index (Phi) is 6.53. The Morgan fingerprint density at radius 2 is 0.679 bits per heavy atom. The average molecular weight is 717 g/mol. The second-order valence-electron chi connectivity index (χ2n) is 14.4. The van der Waals surface area contributed by atoms with Crippen molar-refractivity contribution >= 4 is 55.7 Å². The molecule has 0 atom stereocenters. The first-order valence-electron chi connectivity index (χ1n) is 18.9. The third-order valence-electron chi connectivity index (χ3n) is 11.2. The fourth-order valence-electron chi connectivity index (χ4n) is 8.56. The average Bonchev–Trinajstić information content (AvgIpc) is 4.00. The first-order valence-corrected chi connectivity index (χ1v) is 18.9. The van der Waals surface area contributed by atoms with E-state index in [2.05, 4.69) is 212 Å². The van der Waals surface area contributed by atoms with Crippen LogP contribution in [0.15, 0.2) is 194 Å². The largest absolute Gasteiger partial charge is 0.278 e. The third kappa shape index (κ3) is 4.56. The van der Waals surface area contributed by atoms with E-state index in [0.717, 1.165) is 83.8 Å². The van der Waals surface area contributed by atoms with Crippen molar-refractivity contribution in [3.63, 3.8) is 0 Å². The molecule has 56 heavy (non-hydrogen) atoms. The minimum Gasteiger partial charge on any atom is -0.278 e. The summed E-state index contributed by atoms with van der Waals surface area (Å²) in [6.07, 6.45) is 0. The molecule has 0 amide bonds. The molecule has 0 aliphatic carbocycles. The number of rotatable bonds is 5. The van der Waals surface area contributed by atoms with Crippen LogP contribution in [0, 0.1) is 0 Å². The van der Waals surface area contributed by atoms with Gasteiger partial charge < -0.3 is 0 Å². The quantitative estimate of drug-likeness (QED) is 0.178. The van der Waals surface area contributed by atoms with Gasteiger partial charge in [0.05, 0.1) is 44.1 Å². The molecule has 0 aliphatic heterocycles. The van der Waals surface area contributed by atoms with Gasteiger partial charge in [0.15, 0.2) is 0 Å². The molecular weight excluding hydrogens is 685 g/mol. The zero-order valence-electron chi connectivity index (χ0n) is 30.2. The van der Waals surface area contributed by atoms with Gasteiger partial charge >= 0.3 is 0 Å². The number of aromatic nitrogens is 6. The van der Waals surface area contributed by atoms with Crippen molar-refractivity contribution < 1.29 is 0 Å². The molecule has 0 saturated heterocycles. The number of fused-ring (bicyclic) bond motifs is 10. The summed E-state index contributed by atoms with van der Waals surface area (Å²) in [4.78, 5) is 10.3. The lowest BCUT2D eigenvalue weighted by Crippen LogP contribution is -1.95. The van der Waals surface area contributed by atoms with Crippen LogP contribution in [0.4, 0.5) is 0 Å². The molecule has 262 valence electrons. The lowest BCUT2D eigenvalue weighted by atomic mass is 10.00. The van der Waals surface area contributed by atoms with Gasteiger partial charge in [0.1, 0.15) is 0 Å². The van der Waals surface area contributed by atoms with Crippen molar-refractivity contribution in [2.45, 2.75) is 0 Å². The molecule has 0 N–H and O–H groups in total. The van der Waals surface area contributed by atoms with Gasteiger partial charge in [-0.2, -0.15) is 0 Å². The predicted octanol–water partition coefficient (Wildman–Crippen LogP) is 12.2. The van der Waals surface area contributed by atoms with Crippen molar-refractivity contribution in [1.82, 2.24) is 27.9 Å². The zero-order valence-corrected chi connectivity index (χ0v) is 30.2. The molecule has 8 aromatic carbocycles. The Hall–Kier alpha value is -7.70. The Bertz CT molecular complexity index is 3460. The highest BCUT2D eigenvalue weighted by molar-refractivity contribution is 5.97. The van der Waals surface area contributed by atoms with Crippen molar-refractivity contribution in [2.24, 2.45) is 0 Å². The molecule has 0 bridgehead atoms. The van der Waals surface area contributed by atoms with Gasteiger partial charge in [-0.25, -0.2) is 9.97 Å². The van der Waals surface area contributed by atoms with Gasteiger partial charge in [-0.1, -0.05) is 121 Å². The summed E-state index contributed by atoms with van der Waals surface area (Å²) in [6, 6.07) is 69.0. The molecule has 4 heterocycles. The van der Waals surface area contributed by atoms with E-state index in [1.54, 1.807) is 0 Å². The maximum atomic E-state index is 5.22. The first kappa shape index (κ1) is 30.7. The highest BCUT2D eigenvalue weighted by Gasteiger charge is 2.21. The van der Waals surface area contributed by atoms with E-state index < -0.39 is 0 Å². The van der Waals surface area contributed by atoms with Crippen LogP contribution < -0.4 is 0 Å². The van der Waals surface area contributed by atoms with Crippen molar-refractivity contribution in [3.05, 3.63) is 194 Å². The fourth-order valence-corrected chi connectivity index (χ4v) is 8.56. The van der Waals surface area contributed by atoms with Gasteiger partial charge in [-0.15, -0.1) is 0 Å². The molecular formula is C50H32N6. The molecule has 6 heteroatoms. The van der Waals surface area contributed by atoms with Crippen LogP contribution in [0.3, 0.4) is 0 Å². The first-order chi connectivity index (χ1) is 27.8. The van der Waals surface area contributed by atoms with E-state index in [9.17, 15) is 0 Å². The van der Waals surface area contributed by atoms with Gasteiger partial charge in [0.2, 0.25) is 11.6 Å². The smallest absolute Gasteiger partial charge is 0.220 e. The van der Waals surface area contributed by atoms with Crippen LogP contribution in [0.1, 0.15) is 0 Å². The molecule has 0 unspecified atom stereocenters. The molecule has 0 spiro atoms. The number of nitrogens with zero attached hydrogens (tertiary/aromatic N) is 6. The van der Waals surface area contributed by atoms with E-state index >= 15 is 0 Å². The minimum atomic E-state index is 0.886. The Balaban J connectivity index is 1.03. The maximum Gasteiger partial charge on any atom is 0.220 e. The number of para-hydroxylation sites is 5. The molecule has 0 radical (unpaired) electrons. The topological polar surface area (TPSA) is 44.5 Å². The van der Waals surface area contributed by atoms with E-state index in [0.29, 0.717) is 0 Å². The molecule has 0 aliphatic rings. The van der Waals surface area contributed by atoms with E-state index in [1.165, 1.54) is 16.7 Å². The molecule has 12 rings (SSSR count). The monoisotopic (exact) mass is 716 g/mol. The number of benzene rings is 8. The summed E-state index contributed by atoms with van der Waals surface area (Å²) in [6.45, 7) is 0. The summed E-state index contributed by atoms with van der Waals surface area (Å²) in [7, 11) is 0. The van der Waals surface area contributed by atoms with Crippen molar-refractivity contribution in [1.29, 1.82) is 0 Å². The Morgan fingerprint density at radius 1 is 0.268 bits per heavy atom. The van der Waals surface area contributed by atoms with Gasteiger partial charge in [0.25, 0.3) is 0 Å². The highest BCUT2D eigenvalue weighted by atomic mass is 15.2. The van der Waals surface area contributed by atoms with Gasteiger partial charge in [-0.05, 0) is 106 Å². The summed E-state index contributed by atoms with van der Waals surface area (Å²) >= 11 is 0. The lowest BCUT2D eigenvalue weighted by molar-refractivity contribution is 1.11. The standard InChI is InChI=1S/C50H32N6/c1-3-12-33(13-4-1)34-22-24-35(25-23-34)36-14-11-17-40(30-36)54-46-29-27-38(32-48(46)56-44-21-10-8-19-42(44)52-50(54)56)37-26-28-45-47(31-37)55-43-20-9-7-18-41(43)51-49(55)53(45)39-15-5-2-6-16-39/h1-32H. The van der Waals surface area contributed by atoms with Crippen LogP contribution in [-0.4, -0.2) is 27.9 Å². The van der Waals surface area contributed by atoms with Gasteiger partial charge in [0, 0.05) is 11.4 Å². The SMILES string of the molecule is c1ccc(-c2ccc(-c3cccc(-n4c5ccc(-c6ccc7c(c6)n6c8ccccc8nc6n7-c6ccccc6)cc5n5c6ccccc6nc45)c3)cc2)cc1. The van der Waals surface area contributed by atoms with Crippen LogP contribution in [0.2, 0.25) is 0 Å². The minimum absolute atomic E-state index is 0.886. The third-order valence-corrected chi connectivity index (χ3v) is 11.2. The molecule has 12 aromatic rings. The van der Waals surface area contributed by atoms with E-state index in [1.807, 2.05) is 0 Å². The summed E-state index contributed by atoms with van der Waals surface area (Å²) in [5.41, 5.74) is 17.7. The molecule has 0 fully saturated rings. The molecule has 4 aromatic heterocycles. The van der Waals surface area contributed by atoms with Crippen LogP contribution in [0.5, 0.6) is 0 Å². The second-order valence-corrected chi connectivity index (χ2v) is 14.4. The zero-order chi connectivity index (χ0) is 36.7.